The van der Waals surface area contributed by atoms with Gasteiger partial charge < -0.3 is 9.16 Å². The fraction of sp³-hybridized carbons (Fsp3) is 0.895. The van der Waals surface area contributed by atoms with Gasteiger partial charge >= 0.3 is 0 Å². The van der Waals surface area contributed by atoms with Crippen LogP contribution in [0.25, 0.3) is 0 Å². The predicted molar refractivity (Wildman–Crippen MR) is 114 cm³/mol. The maximum absolute atomic E-state index is 6.45. The summed E-state index contributed by atoms with van der Waals surface area (Å²) in [4.78, 5) is 0. The first kappa shape index (κ1) is 23.6. The zero-order valence-corrected chi connectivity index (χ0v) is 19.6. The molecule has 2 atom stereocenters. The van der Waals surface area contributed by atoms with E-state index >= 15 is 0 Å². The van der Waals surface area contributed by atoms with Crippen LogP contribution in [0.15, 0.2) is 12.2 Å². The van der Waals surface area contributed by atoms with E-state index in [9.17, 15) is 0 Å². The Morgan fingerprint density at radius 2 is 1.70 bits per heavy atom. The van der Waals surface area contributed by atoms with Gasteiger partial charge in [-0.15, -0.1) is 0 Å². The van der Waals surface area contributed by atoms with Gasteiger partial charge in [0.2, 0.25) is 0 Å². The molecule has 2 unspecified atom stereocenters. The molecule has 0 aromatic heterocycles. The monoisotopic (exact) mass is 454 g/mol. The molecule has 0 aromatic carbocycles. The number of alkyl halides is 1. The minimum Gasteiger partial charge on any atom is -0.392 e. The number of allylic oxidation sites excluding steroid dienone is 1. The van der Waals surface area contributed by atoms with Gasteiger partial charge in [0.25, 0.3) is 0 Å². The lowest BCUT2D eigenvalue weighted by molar-refractivity contribution is -0.0965. The molecule has 4 heteroatoms. The molecule has 0 amide bonds. The Hall–Kier alpha value is 0.607. The van der Waals surface area contributed by atoms with Gasteiger partial charge in [-0.25, -0.2) is 0 Å². The van der Waals surface area contributed by atoms with Gasteiger partial charge in [-0.3, -0.25) is 0 Å². The summed E-state index contributed by atoms with van der Waals surface area (Å²) in [5, 5.41) is 0.219. The van der Waals surface area contributed by atoms with Crippen LogP contribution in [-0.4, -0.2) is 25.1 Å². The van der Waals surface area contributed by atoms with E-state index in [4.69, 9.17) is 9.16 Å². The highest BCUT2D eigenvalue weighted by molar-refractivity contribution is 14.1. The molecule has 0 fully saturated rings. The number of hydrogen-bond donors (Lipinski definition) is 0. The molecule has 0 bridgehead atoms. The molecule has 0 spiro atoms. The summed E-state index contributed by atoms with van der Waals surface area (Å²) in [5.74, 6) is 0. The third kappa shape index (κ3) is 10.2. The fourth-order valence-corrected chi connectivity index (χ4v) is 4.05. The summed E-state index contributed by atoms with van der Waals surface area (Å²) in [6.45, 7) is 15.8. The highest BCUT2D eigenvalue weighted by atomic mass is 127. The SMILES string of the molecule is C/C=C/C(CCCCCCC)OC(CI)O[Si](C)(C)C(C)(C)C. The Morgan fingerprint density at radius 1 is 1.09 bits per heavy atom. The average Bonchev–Trinajstić information content (AvgIpc) is 2.44. The Balaban J connectivity index is 4.51. The van der Waals surface area contributed by atoms with Crippen molar-refractivity contribution in [1.82, 2.24) is 0 Å². The highest BCUT2D eigenvalue weighted by Crippen LogP contribution is 2.37. The molecule has 0 aliphatic rings. The van der Waals surface area contributed by atoms with Crippen molar-refractivity contribution in [3.63, 3.8) is 0 Å². The third-order valence-electron chi connectivity index (χ3n) is 4.68. The van der Waals surface area contributed by atoms with Crippen molar-refractivity contribution in [2.75, 3.05) is 4.43 Å². The smallest absolute Gasteiger partial charge is 0.195 e. The van der Waals surface area contributed by atoms with Gasteiger partial charge in [0.1, 0.15) is 0 Å². The summed E-state index contributed by atoms with van der Waals surface area (Å²) < 4.78 is 13.6. The first-order valence-electron chi connectivity index (χ1n) is 9.20. The van der Waals surface area contributed by atoms with E-state index in [1.165, 1.54) is 32.1 Å². The Labute approximate surface area is 160 Å². The quantitative estimate of drug-likeness (QED) is 0.0783. The van der Waals surface area contributed by atoms with Crippen molar-refractivity contribution < 1.29 is 9.16 Å². The van der Waals surface area contributed by atoms with Crippen LogP contribution in [0.1, 0.15) is 73.1 Å². The molecule has 2 nitrogen and oxygen atoms in total. The molecule has 0 saturated heterocycles. The Kier molecular flexibility index (Phi) is 12.4. The molecule has 0 heterocycles. The van der Waals surface area contributed by atoms with Crippen molar-refractivity contribution in [3.8, 4) is 0 Å². The number of ether oxygens (including phenoxy) is 1. The van der Waals surface area contributed by atoms with Gasteiger partial charge in [0.15, 0.2) is 14.6 Å². The Morgan fingerprint density at radius 3 is 2.17 bits per heavy atom. The number of halogens is 1. The van der Waals surface area contributed by atoms with Crippen LogP contribution in [0.2, 0.25) is 18.1 Å². The maximum atomic E-state index is 6.45. The molecule has 0 aliphatic heterocycles. The molecule has 0 rings (SSSR count). The highest BCUT2D eigenvalue weighted by Gasteiger charge is 2.39. The van der Waals surface area contributed by atoms with E-state index in [1.807, 2.05) is 0 Å². The molecule has 0 N–H and O–H groups in total. The van der Waals surface area contributed by atoms with E-state index in [1.54, 1.807) is 0 Å². The van der Waals surface area contributed by atoms with E-state index in [-0.39, 0.29) is 17.4 Å². The van der Waals surface area contributed by atoms with Crippen LogP contribution >= 0.6 is 22.6 Å². The molecule has 0 radical (unpaired) electrons. The van der Waals surface area contributed by atoms with Gasteiger partial charge in [0, 0.05) is 4.43 Å². The second kappa shape index (κ2) is 12.0. The minimum atomic E-state index is -1.78. The number of unbranched alkanes of at least 4 members (excludes halogenated alkanes) is 4. The first-order chi connectivity index (χ1) is 10.7. The number of hydrogen-bond acceptors (Lipinski definition) is 2. The topological polar surface area (TPSA) is 18.5 Å². The van der Waals surface area contributed by atoms with Gasteiger partial charge in [-0.1, -0.05) is 94.5 Å². The first-order valence-corrected chi connectivity index (χ1v) is 13.6. The van der Waals surface area contributed by atoms with E-state index in [2.05, 4.69) is 82.5 Å². The van der Waals surface area contributed by atoms with Crippen molar-refractivity contribution >= 4 is 30.9 Å². The summed E-state index contributed by atoms with van der Waals surface area (Å²) >= 11 is 2.38. The molecule has 0 aliphatic carbocycles. The van der Waals surface area contributed by atoms with E-state index in [0.29, 0.717) is 0 Å². The standard InChI is InChI=1S/C19H39IO2Si/c1-8-10-11-12-13-15-17(14-9-2)21-18(16-20)22-23(6,7)19(3,4)5/h9,14,17-18H,8,10-13,15-16H2,1-7H3/b14-9+. The second-order valence-electron chi connectivity index (χ2n) is 7.87. The Bertz CT molecular complexity index is 324. The minimum absolute atomic E-state index is 0.0895. The van der Waals surface area contributed by atoms with E-state index in [0.717, 1.165) is 10.8 Å². The predicted octanol–water partition coefficient (Wildman–Crippen LogP) is 7.09. The summed E-state index contributed by atoms with van der Waals surface area (Å²) in [5.41, 5.74) is 0. The summed E-state index contributed by atoms with van der Waals surface area (Å²) in [7, 11) is -1.78. The lowest BCUT2D eigenvalue weighted by Crippen LogP contribution is -2.45. The lowest BCUT2D eigenvalue weighted by atomic mass is 10.1. The molecular weight excluding hydrogens is 415 g/mol. The number of rotatable bonds is 12. The van der Waals surface area contributed by atoms with Crippen molar-refractivity contribution in [2.45, 2.75) is 104 Å². The van der Waals surface area contributed by atoms with Crippen LogP contribution in [0.5, 0.6) is 0 Å². The van der Waals surface area contributed by atoms with Gasteiger partial charge in [0.05, 0.1) is 6.10 Å². The van der Waals surface area contributed by atoms with Crippen molar-refractivity contribution in [1.29, 1.82) is 0 Å². The van der Waals surface area contributed by atoms with Crippen LogP contribution in [-0.2, 0) is 9.16 Å². The fourth-order valence-electron chi connectivity index (χ4n) is 2.17. The third-order valence-corrected chi connectivity index (χ3v) is 9.87. The largest absolute Gasteiger partial charge is 0.392 e. The van der Waals surface area contributed by atoms with Crippen molar-refractivity contribution in [2.24, 2.45) is 0 Å². The lowest BCUT2D eigenvalue weighted by Gasteiger charge is -2.39. The van der Waals surface area contributed by atoms with Crippen LogP contribution in [0.3, 0.4) is 0 Å². The zero-order valence-electron chi connectivity index (χ0n) is 16.5. The van der Waals surface area contributed by atoms with Crippen LogP contribution in [0, 0.1) is 0 Å². The molecule has 23 heavy (non-hydrogen) atoms. The second-order valence-corrected chi connectivity index (χ2v) is 13.5. The maximum Gasteiger partial charge on any atom is 0.195 e. The summed E-state index contributed by atoms with van der Waals surface area (Å²) in [6.07, 6.45) is 12.0. The van der Waals surface area contributed by atoms with Crippen LogP contribution < -0.4 is 0 Å². The molecule has 0 aromatic rings. The average molecular weight is 455 g/mol. The van der Waals surface area contributed by atoms with Gasteiger partial charge in [-0.05, 0) is 31.5 Å². The zero-order chi connectivity index (χ0) is 17.9. The summed E-state index contributed by atoms with van der Waals surface area (Å²) in [6, 6.07) is 0. The molecule has 0 saturated carbocycles. The van der Waals surface area contributed by atoms with Crippen LogP contribution in [0.4, 0.5) is 0 Å². The molecular formula is C19H39IO2Si. The van der Waals surface area contributed by atoms with E-state index < -0.39 is 8.32 Å². The normalized spacial score (nSPS) is 16.0. The molecule has 138 valence electrons. The van der Waals surface area contributed by atoms with Crippen molar-refractivity contribution in [3.05, 3.63) is 12.2 Å². The van der Waals surface area contributed by atoms with Gasteiger partial charge in [-0.2, -0.15) is 0 Å².